The highest BCUT2D eigenvalue weighted by molar-refractivity contribution is 7.07. The smallest absolute Gasteiger partial charge is 0.344 e. The van der Waals surface area contributed by atoms with Gasteiger partial charge in [0.1, 0.15) is 11.5 Å². The molecule has 0 bridgehead atoms. The molecule has 0 spiro atoms. The van der Waals surface area contributed by atoms with Crippen LogP contribution in [0.1, 0.15) is 31.0 Å². The van der Waals surface area contributed by atoms with Crippen LogP contribution in [-0.4, -0.2) is 36.8 Å². The maximum atomic E-state index is 14.0. The number of nitrogens with one attached hydrogen (secondary N) is 1. The molecule has 0 saturated carbocycles. The van der Waals surface area contributed by atoms with Gasteiger partial charge in [-0.2, -0.15) is 0 Å². The Kier molecular flexibility index (Phi) is 8.63. The van der Waals surface area contributed by atoms with E-state index in [1.54, 1.807) is 74.1 Å². The maximum absolute atomic E-state index is 14.0. The SMILES string of the molecule is CCOC(=O)COc1ccccc1/C=c1/sc2n(c1=O)[C@H](c1ccc(OC)cc1)C(C(=O)Nc1ccccc1)=C(C)N=2. The molecular formula is C32H29N3O6S. The van der Waals surface area contributed by atoms with E-state index < -0.39 is 12.0 Å². The van der Waals surface area contributed by atoms with E-state index in [1.807, 2.05) is 36.4 Å². The minimum atomic E-state index is -0.728. The molecule has 0 unspecified atom stereocenters. The first kappa shape index (κ1) is 28.6. The molecule has 1 aliphatic rings. The van der Waals surface area contributed by atoms with Crippen LogP contribution in [0, 0.1) is 0 Å². The van der Waals surface area contributed by atoms with Crippen LogP contribution in [0.5, 0.6) is 11.5 Å². The van der Waals surface area contributed by atoms with Crippen LogP contribution in [0.2, 0.25) is 0 Å². The highest BCUT2D eigenvalue weighted by Gasteiger charge is 2.32. The first-order valence-electron chi connectivity index (χ1n) is 13.3. The number of hydrogen-bond acceptors (Lipinski definition) is 8. The number of nitrogens with zero attached hydrogens (tertiary/aromatic N) is 2. The highest BCUT2D eigenvalue weighted by Crippen LogP contribution is 2.31. The van der Waals surface area contributed by atoms with E-state index >= 15 is 0 Å². The number of carbonyl (C=O) groups excluding carboxylic acids is 2. The molecule has 1 amide bonds. The fourth-order valence-electron chi connectivity index (χ4n) is 4.65. The molecule has 0 fully saturated rings. The Bertz CT molecular complexity index is 1820. The first-order valence-corrected chi connectivity index (χ1v) is 14.1. The number of anilines is 1. The molecule has 3 aromatic carbocycles. The van der Waals surface area contributed by atoms with Gasteiger partial charge in [-0.15, -0.1) is 0 Å². The highest BCUT2D eigenvalue weighted by atomic mass is 32.1. The van der Waals surface area contributed by atoms with Gasteiger partial charge in [0.05, 0.1) is 35.6 Å². The topological polar surface area (TPSA) is 108 Å². The van der Waals surface area contributed by atoms with Crippen LogP contribution in [0.4, 0.5) is 5.69 Å². The molecule has 1 N–H and O–H groups in total. The van der Waals surface area contributed by atoms with Gasteiger partial charge < -0.3 is 19.5 Å². The Morgan fingerprint density at radius 1 is 1.02 bits per heavy atom. The summed E-state index contributed by atoms with van der Waals surface area (Å²) in [5, 5.41) is 2.95. The van der Waals surface area contributed by atoms with Gasteiger partial charge >= 0.3 is 5.97 Å². The van der Waals surface area contributed by atoms with Crippen molar-refractivity contribution in [3.8, 4) is 11.5 Å². The van der Waals surface area contributed by atoms with Gasteiger partial charge in [-0.3, -0.25) is 14.2 Å². The monoisotopic (exact) mass is 583 g/mol. The summed E-state index contributed by atoms with van der Waals surface area (Å²) < 4.78 is 17.9. The molecule has 0 aliphatic carbocycles. The lowest BCUT2D eigenvalue weighted by Gasteiger charge is -2.25. The number of aromatic nitrogens is 1. The third kappa shape index (κ3) is 6.03. The Balaban J connectivity index is 1.60. The summed E-state index contributed by atoms with van der Waals surface area (Å²) in [5.41, 5.74) is 2.54. The van der Waals surface area contributed by atoms with Crippen molar-refractivity contribution in [3.63, 3.8) is 0 Å². The quantitative estimate of drug-likeness (QED) is 0.300. The molecule has 1 atom stereocenters. The van der Waals surface area contributed by atoms with E-state index in [2.05, 4.69) is 10.3 Å². The molecule has 1 aliphatic heterocycles. The Hall–Kier alpha value is -4.96. The molecule has 0 radical (unpaired) electrons. The number of fused-ring (bicyclic) bond motifs is 1. The zero-order valence-electron chi connectivity index (χ0n) is 23.3. The number of para-hydroxylation sites is 2. The molecule has 1 aromatic heterocycles. The van der Waals surface area contributed by atoms with Crippen molar-refractivity contribution in [2.24, 2.45) is 4.99 Å². The average molecular weight is 584 g/mol. The van der Waals surface area contributed by atoms with Crippen LogP contribution in [0.15, 0.2) is 99.9 Å². The second kappa shape index (κ2) is 12.7. The number of hydrogen-bond donors (Lipinski definition) is 1. The van der Waals surface area contributed by atoms with E-state index in [-0.39, 0.29) is 24.7 Å². The van der Waals surface area contributed by atoms with E-state index in [4.69, 9.17) is 14.2 Å². The van der Waals surface area contributed by atoms with Crippen molar-refractivity contribution in [2.45, 2.75) is 19.9 Å². The number of ether oxygens (including phenoxy) is 3. The normalized spacial score (nSPS) is 14.5. The number of rotatable bonds is 9. The Morgan fingerprint density at radius 2 is 1.74 bits per heavy atom. The third-order valence-corrected chi connectivity index (χ3v) is 7.57. The number of thiazole rings is 1. The van der Waals surface area contributed by atoms with Crippen molar-refractivity contribution in [2.75, 3.05) is 25.6 Å². The van der Waals surface area contributed by atoms with Crippen LogP contribution < -0.4 is 29.7 Å². The predicted octanol–water partition coefficient (Wildman–Crippen LogP) is 3.82. The number of esters is 1. The minimum absolute atomic E-state index is 0.253. The van der Waals surface area contributed by atoms with E-state index in [0.29, 0.717) is 43.4 Å². The Labute approximate surface area is 246 Å². The molecule has 0 saturated heterocycles. The van der Waals surface area contributed by atoms with E-state index in [0.717, 1.165) is 5.56 Å². The van der Waals surface area contributed by atoms with Crippen molar-refractivity contribution in [1.29, 1.82) is 0 Å². The van der Waals surface area contributed by atoms with Gasteiger partial charge in [0.2, 0.25) is 0 Å². The number of allylic oxidation sites excluding steroid dienone is 1. The summed E-state index contributed by atoms with van der Waals surface area (Å²) in [5.74, 6) is 0.252. The summed E-state index contributed by atoms with van der Waals surface area (Å²) in [6.45, 7) is 3.50. The summed E-state index contributed by atoms with van der Waals surface area (Å²) in [6.07, 6.45) is 1.71. The lowest BCUT2D eigenvalue weighted by Crippen LogP contribution is -2.40. The largest absolute Gasteiger partial charge is 0.497 e. The number of amides is 1. The molecule has 214 valence electrons. The van der Waals surface area contributed by atoms with Gasteiger partial charge in [0.25, 0.3) is 11.5 Å². The van der Waals surface area contributed by atoms with Crippen molar-refractivity contribution >= 4 is 35.0 Å². The van der Waals surface area contributed by atoms with Gasteiger partial charge in [-0.1, -0.05) is 59.9 Å². The fraction of sp³-hybridized carbons (Fsp3) is 0.188. The number of methoxy groups -OCH3 is 1. The van der Waals surface area contributed by atoms with Gasteiger partial charge in [-0.25, -0.2) is 9.79 Å². The third-order valence-electron chi connectivity index (χ3n) is 6.59. The summed E-state index contributed by atoms with van der Waals surface area (Å²) in [6, 6.07) is 22.8. The minimum Gasteiger partial charge on any atom is -0.497 e. The van der Waals surface area contributed by atoms with Crippen LogP contribution in [-0.2, 0) is 14.3 Å². The average Bonchev–Trinajstić information content (AvgIpc) is 3.30. The molecule has 9 nitrogen and oxygen atoms in total. The molecule has 5 rings (SSSR count). The second-order valence-electron chi connectivity index (χ2n) is 9.31. The van der Waals surface area contributed by atoms with Crippen molar-refractivity contribution < 1.29 is 23.8 Å². The van der Waals surface area contributed by atoms with E-state index in [1.165, 1.54) is 11.3 Å². The Morgan fingerprint density at radius 3 is 2.45 bits per heavy atom. The van der Waals surface area contributed by atoms with Crippen LogP contribution in [0.3, 0.4) is 0 Å². The molecular weight excluding hydrogens is 554 g/mol. The molecule has 10 heteroatoms. The van der Waals surface area contributed by atoms with Crippen LogP contribution in [0.25, 0.3) is 6.08 Å². The number of benzene rings is 3. The van der Waals surface area contributed by atoms with Crippen molar-refractivity contribution in [1.82, 2.24) is 4.57 Å². The molecule has 42 heavy (non-hydrogen) atoms. The summed E-state index contributed by atoms with van der Waals surface area (Å²) >= 11 is 1.22. The molecule has 2 heterocycles. The predicted molar refractivity (Wildman–Crippen MR) is 160 cm³/mol. The van der Waals surface area contributed by atoms with E-state index in [9.17, 15) is 14.4 Å². The zero-order chi connectivity index (χ0) is 29.6. The lowest BCUT2D eigenvalue weighted by atomic mass is 9.95. The van der Waals surface area contributed by atoms with Gasteiger partial charge in [0, 0.05) is 11.3 Å². The summed E-state index contributed by atoms with van der Waals surface area (Å²) in [7, 11) is 1.58. The van der Waals surface area contributed by atoms with Gasteiger partial charge in [0.15, 0.2) is 11.4 Å². The zero-order valence-corrected chi connectivity index (χ0v) is 24.1. The fourth-order valence-corrected chi connectivity index (χ4v) is 5.68. The van der Waals surface area contributed by atoms with Gasteiger partial charge in [-0.05, 0) is 55.8 Å². The second-order valence-corrected chi connectivity index (χ2v) is 10.3. The van der Waals surface area contributed by atoms with Crippen LogP contribution >= 0.6 is 11.3 Å². The summed E-state index contributed by atoms with van der Waals surface area (Å²) in [4.78, 5) is 44.7. The standard InChI is InChI=1S/C32H29N3O6S/c1-4-40-27(36)19-41-25-13-9-8-10-22(25)18-26-31(38)35-29(21-14-16-24(39-3)17-15-21)28(20(2)33-32(35)42-26)30(37)34-23-11-6-5-7-12-23/h5-18,29H,4,19H2,1-3H3,(H,34,37)/b26-18+/t29-/m1/s1. The maximum Gasteiger partial charge on any atom is 0.344 e. The first-order chi connectivity index (χ1) is 20.4. The molecule has 4 aromatic rings. The lowest BCUT2D eigenvalue weighted by molar-refractivity contribution is -0.145. The van der Waals surface area contributed by atoms with Crippen molar-refractivity contribution in [3.05, 3.63) is 121 Å². The number of carbonyl (C=O) groups is 2.